The lowest BCUT2D eigenvalue weighted by Crippen LogP contribution is -2.06. The fourth-order valence-electron chi connectivity index (χ4n) is 1.28. The van der Waals surface area contributed by atoms with E-state index in [1.807, 2.05) is 0 Å². The SMILES string of the molecule is COc1cc(CCN)c(Cl)cc1C(=O)O.Cl. The Morgan fingerprint density at radius 1 is 1.56 bits per heavy atom. The molecule has 0 bridgehead atoms. The first-order valence-corrected chi connectivity index (χ1v) is 4.77. The van der Waals surface area contributed by atoms with E-state index in [2.05, 4.69) is 0 Å². The third-order valence-electron chi connectivity index (χ3n) is 2.01. The van der Waals surface area contributed by atoms with E-state index < -0.39 is 5.97 Å². The van der Waals surface area contributed by atoms with Gasteiger partial charge in [0.05, 0.1) is 7.11 Å². The van der Waals surface area contributed by atoms with Gasteiger partial charge in [0, 0.05) is 5.02 Å². The van der Waals surface area contributed by atoms with E-state index >= 15 is 0 Å². The first-order valence-electron chi connectivity index (χ1n) is 4.40. The average Bonchev–Trinajstić information content (AvgIpc) is 2.20. The van der Waals surface area contributed by atoms with Crippen LogP contribution in [0.2, 0.25) is 5.02 Å². The zero-order chi connectivity index (χ0) is 11.4. The number of aromatic carboxylic acids is 1. The predicted molar refractivity (Wildman–Crippen MR) is 65.0 cm³/mol. The molecule has 16 heavy (non-hydrogen) atoms. The van der Waals surface area contributed by atoms with Gasteiger partial charge >= 0.3 is 5.97 Å². The Kier molecular flexibility index (Phi) is 6.18. The fourth-order valence-corrected chi connectivity index (χ4v) is 1.54. The number of benzene rings is 1. The van der Waals surface area contributed by atoms with Crippen molar-refractivity contribution in [3.63, 3.8) is 0 Å². The Bertz CT molecular complexity index is 383. The highest BCUT2D eigenvalue weighted by atomic mass is 35.5. The average molecular weight is 266 g/mol. The molecule has 6 heteroatoms. The molecule has 1 rings (SSSR count). The molecule has 0 spiro atoms. The maximum atomic E-state index is 10.8. The summed E-state index contributed by atoms with van der Waals surface area (Å²) >= 11 is 5.91. The summed E-state index contributed by atoms with van der Waals surface area (Å²) in [4.78, 5) is 10.8. The zero-order valence-electron chi connectivity index (χ0n) is 8.70. The molecule has 90 valence electrons. The minimum Gasteiger partial charge on any atom is -0.496 e. The van der Waals surface area contributed by atoms with E-state index in [1.54, 1.807) is 6.07 Å². The van der Waals surface area contributed by atoms with Gasteiger partial charge in [-0.1, -0.05) is 11.6 Å². The Labute approximate surface area is 105 Å². The number of carboxylic acid groups (broad SMARTS) is 1. The molecular formula is C10H13Cl2NO3. The van der Waals surface area contributed by atoms with Crippen molar-refractivity contribution >= 4 is 30.0 Å². The first-order chi connectivity index (χ1) is 7.10. The van der Waals surface area contributed by atoms with Crippen LogP contribution in [0.4, 0.5) is 0 Å². The van der Waals surface area contributed by atoms with Gasteiger partial charge in [-0.25, -0.2) is 4.79 Å². The monoisotopic (exact) mass is 265 g/mol. The topological polar surface area (TPSA) is 72.5 Å². The zero-order valence-corrected chi connectivity index (χ0v) is 10.3. The van der Waals surface area contributed by atoms with Crippen LogP contribution < -0.4 is 10.5 Å². The number of carboxylic acids is 1. The molecule has 0 aliphatic heterocycles. The van der Waals surface area contributed by atoms with E-state index in [-0.39, 0.29) is 18.0 Å². The molecule has 1 aromatic rings. The maximum Gasteiger partial charge on any atom is 0.339 e. The van der Waals surface area contributed by atoms with Gasteiger partial charge in [0.1, 0.15) is 11.3 Å². The molecule has 0 unspecified atom stereocenters. The molecule has 3 N–H and O–H groups in total. The highest BCUT2D eigenvalue weighted by molar-refractivity contribution is 6.31. The van der Waals surface area contributed by atoms with Crippen LogP contribution in [0.15, 0.2) is 12.1 Å². The summed E-state index contributed by atoms with van der Waals surface area (Å²) in [6.07, 6.45) is 0.592. The summed E-state index contributed by atoms with van der Waals surface area (Å²) in [5, 5.41) is 9.28. The van der Waals surface area contributed by atoms with Gasteiger partial charge in [-0.05, 0) is 30.7 Å². The number of ether oxygens (including phenoxy) is 1. The summed E-state index contributed by atoms with van der Waals surface area (Å²) < 4.78 is 4.97. The second-order valence-electron chi connectivity index (χ2n) is 2.99. The molecule has 0 amide bonds. The van der Waals surface area contributed by atoms with Crippen molar-refractivity contribution in [2.75, 3.05) is 13.7 Å². The van der Waals surface area contributed by atoms with E-state index in [9.17, 15) is 4.79 Å². The number of nitrogens with two attached hydrogens (primary N) is 1. The predicted octanol–water partition coefficient (Wildman–Crippen LogP) is 1.97. The van der Waals surface area contributed by atoms with Gasteiger partial charge in [0.2, 0.25) is 0 Å². The molecule has 0 saturated heterocycles. The second-order valence-corrected chi connectivity index (χ2v) is 3.39. The molecule has 0 fully saturated rings. The summed E-state index contributed by atoms with van der Waals surface area (Å²) in [5.74, 6) is -0.761. The van der Waals surface area contributed by atoms with Crippen LogP contribution in [-0.2, 0) is 6.42 Å². The van der Waals surface area contributed by atoms with Crippen LogP contribution in [0.25, 0.3) is 0 Å². The molecule has 0 aliphatic rings. The summed E-state index contributed by atoms with van der Waals surface area (Å²) in [6, 6.07) is 2.99. The van der Waals surface area contributed by atoms with Crippen molar-refractivity contribution in [1.82, 2.24) is 0 Å². The van der Waals surface area contributed by atoms with Crippen LogP contribution in [0.5, 0.6) is 5.75 Å². The Balaban J connectivity index is 0.00000225. The van der Waals surface area contributed by atoms with Crippen LogP contribution >= 0.6 is 24.0 Å². The van der Waals surface area contributed by atoms with Gasteiger partial charge in [-0.3, -0.25) is 0 Å². The standard InChI is InChI=1S/C10H12ClNO3.ClH/c1-15-9-4-6(2-3-12)8(11)5-7(9)10(13)14;/h4-5H,2-3,12H2,1H3,(H,13,14);1H. The maximum absolute atomic E-state index is 10.8. The molecule has 0 radical (unpaired) electrons. The number of hydrogen-bond donors (Lipinski definition) is 2. The van der Waals surface area contributed by atoms with Crippen LogP contribution in [0.3, 0.4) is 0 Å². The summed E-state index contributed by atoms with van der Waals surface area (Å²) in [6.45, 7) is 0.454. The molecule has 0 saturated carbocycles. The molecule has 4 nitrogen and oxygen atoms in total. The fraction of sp³-hybridized carbons (Fsp3) is 0.300. The highest BCUT2D eigenvalue weighted by Gasteiger charge is 2.14. The Hall–Kier alpha value is -0.970. The van der Waals surface area contributed by atoms with Crippen molar-refractivity contribution in [1.29, 1.82) is 0 Å². The Morgan fingerprint density at radius 3 is 2.62 bits per heavy atom. The number of halogens is 2. The number of methoxy groups -OCH3 is 1. The molecule has 0 heterocycles. The summed E-state index contributed by atoms with van der Waals surface area (Å²) in [5.41, 5.74) is 6.25. The van der Waals surface area contributed by atoms with Crippen LogP contribution in [-0.4, -0.2) is 24.7 Å². The lowest BCUT2D eigenvalue weighted by atomic mass is 10.1. The first kappa shape index (κ1) is 15.0. The van der Waals surface area contributed by atoms with Crippen LogP contribution in [0.1, 0.15) is 15.9 Å². The van der Waals surface area contributed by atoms with Gasteiger partial charge in [-0.2, -0.15) is 0 Å². The third kappa shape index (κ3) is 3.27. The van der Waals surface area contributed by atoms with Gasteiger partial charge < -0.3 is 15.6 Å². The van der Waals surface area contributed by atoms with Crippen molar-refractivity contribution in [3.05, 3.63) is 28.3 Å². The lowest BCUT2D eigenvalue weighted by Gasteiger charge is -2.09. The number of rotatable bonds is 4. The smallest absolute Gasteiger partial charge is 0.339 e. The third-order valence-corrected chi connectivity index (χ3v) is 2.36. The van der Waals surface area contributed by atoms with Crippen molar-refractivity contribution < 1.29 is 14.6 Å². The highest BCUT2D eigenvalue weighted by Crippen LogP contribution is 2.27. The normalized spacial score (nSPS) is 9.44. The van der Waals surface area contributed by atoms with E-state index in [0.717, 1.165) is 5.56 Å². The van der Waals surface area contributed by atoms with Gasteiger partial charge in [0.25, 0.3) is 0 Å². The largest absolute Gasteiger partial charge is 0.496 e. The minimum atomic E-state index is -1.06. The second kappa shape index (κ2) is 6.58. The molecule has 1 aromatic carbocycles. The van der Waals surface area contributed by atoms with E-state index in [4.69, 9.17) is 27.2 Å². The lowest BCUT2D eigenvalue weighted by molar-refractivity contribution is 0.0693. The van der Waals surface area contributed by atoms with E-state index in [0.29, 0.717) is 23.7 Å². The molecule has 0 aliphatic carbocycles. The van der Waals surface area contributed by atoms with E-state index in [1.165, 1.54) is 13.2 Å². The van der Waals surface area contributed by atoms with Crippen molar-refractivity contribution in [2.24, 2.45) is 5.73 Å². The molecule has 0 atom stereocenters. The quantitative estimate of drug-likeness (QED) is 0.873. The number of hydrogen-bond acceptors (Lipinski definition) is 3. The van der Waals surface area contributed by atoms with Crippen molar-refractivity contribution in [3.8, 4) is 5.75 Å². The number of carbonyl (C=O) groups is 1. The minimum absolute atomic E-state index is 0. The van der Waals surface area contributed by atoms with Gasteiger partial charge in [-0.15, -0.1) is 12.4 Å². The Morgan fingerprint density at radius 2 is 2.19 bits per heavy atom. The summed E-state index contributed by atoms with van der Waals surface area (Å²) in [7, 11) is 1.42. The van der Waals surface area contributed by atoms with Crippen LogP contribution in [0, 0.1) is 0 Å². The van der Waals surface area contributed by atoms with Gasteiger partial charge in [0.15, 0.2) is 0 Å². The van der Waals surface area contributed by atoms with Crippen molar-refractivity contribution in [2.45, 2.75) is 6.42 Å². The molecular weight excluding hydrogens is 253 g/mol. The molecule has 0 aromatic heterocycles.